The molecule has 0 aromatic rings. The Labute approximate surface area is 101 Å². The Morgan fingerprint density at radius 3 is 2.50 bits per heavy atom. The van der Waals surface area contributed by atoms with E-state index in [4.69, 9.17) is 0 Å². The fourth-order valence-electron chi connectivity index (χ4n) is 3.59. The second-order valence-electron chi connectivity index (χ2n) is 5.66. The minimum absolute atomic E-state index is 0.793. The molecule has 2 rings (SSSR count). The van der Waals surface area contributed by atoms with E-state index in [0.717, 1.165) is 18.0 Å². The first-order chi connectivity index (χ1) is 7.83. The molecule has 1 saturated carbocycles. The molecule has 0 spiro atoms. The zero-order valence-electron chi connectivity index (χ0n) is 11.0. The van der Waals surface area contributed by atoms with E-state index < -0.39 is 0 Å². The van der Waals surface area contributed by atoms with Gasteiger partial charge in [0, 0.05) is 18.6 Å². The van der Waals surface area contributed by atoms with Gasteiger partial charge in [-0.15, -0.1) is 0 Å². The Morgan fingerprint density at radius 2 is 1.88 bits per heavy atom. The van der Waals surface area contributed by atoms with Crippen LogP contribution in [-0.2, 0) is 0 Å². The summed E-state index contributed by atoms with van der Waals surface area (Å²) in [6, 6.07) is 1.67. The fraction of sp³-hybridized carbons (Fsp3) is 1.00. The third-order valence-electron chi connectivity index (χ3n) is 4.62. The lowest BCUT2D eigenvalue weighted by Gasteiger charge is -2.44. The van der Waals surface area contributed by atoms with Crippen LogP contribution >= 0.6 is 0 Å². The molecule has 2 fully saturated rings. The van der Waals surface area contributed by atoms with Crippen molar-refractivity contribution in [3.63, 3.8) is 0 Å². The van der Waals surface area contributed by atoms with Crippen molar-refractivity contribution >= 4 is 0 Å². The van der Waals surface area contributed by atoms with Gasteiger partial charge in [-0.2, -0.15) is 0 Å². The summed E-state index contributed by atoms with van der Waals surface area (Å²) >= 11 is 0. The van der Waals surface area contributed by atoms with Crippen LogP contribution in [-0.4, -0.2) is 36.6 Å². The molecule has 94 valence electrons. The highest BCUT2D eigenvalue weighted by Crippen LogP contribution is 2.27. The first-order valence-electron chi connectivity index (χ1n) is 7.29. The first-order valence-corrected chi connectivity index (χ1v) is 7.29. The second kappa shape index (κ2) is 6.02. The van der Waals surface area contributed by atoms with Gasteiger partial charge in [0.25, 0.3) is 0 Å². The molecule has 1 heterocycles. The maximum atomic E-state index is 3.58. The highest BCUT2D eigenvalue weighted by atomic mass is 15.2. The smallest absolute Gasteiger partial charge is 0.0249 e. The van der Waals surface area contributed by atoms with Crippen LogP contribution in [0.1, 0.15) is 52.4 Å². The van der Waals surface area contributed by atoms with Gasteiger partial charge in [-0.1, -0.05) is 33.1 Å². The van der Waals surface area contributed by atoms with Crippen molar-refractivity contribution in [2.24, 2.45) is 5.92 Å². The standard InChI is InChI=1S/C14H28N2/c1-3-16(13-7-5-4-6-8-13)14-11-15-10-9-12(14)2/h12-15H,3-11H2,1-2H3. The van der Waals surface area contributed by atoms with Crippen LogP contribution < -0.4 is 5.32 Å². The minimum atomic E-state index is 0.793. The first kappa shape index (κ1) is 12.4. The van der Waals surface area contributed by atoms with Gasteiger partial charge in [0.2, 0.25) is 0 Å². The summed E-state index contributed by atoms with van der Waals surface area (Å²) in [7, 11) is 0. The topological polar surface area (TPSA) is 15.3 Å². The van der Waals surface area contributed by atoms with Crippen molar-refractivity contribution in [2.45, 2.75) is 64.5 Å². The number of nitrogens with zero attached hydrogens (tertiary/aromatic N) is 1. The molecule has 1 saturated heterocycles. The van der Waals surface area contributed by atoms with Crippen molar-refractivity contribution in [3.8, 4) is 0 Å². The van der Waals surface area contributed by atoms with Crippen LogP contribution in [0.5, 0.6) is 0 Å². The van der Waals surface area contributed by atoms with Crippen molar-refractivity contribution in [2.75, 3.05) is 19.6 Å². The molecule has 2 atom stereocenters. The Bertz CT molecular complexity index is 199. The summed E-state index contributed by atoms with van der Waals surface area (Å²) in [6.07, 6.45) is 8.61. The van der Waals surface area contributed by atoms with Gasteiger partial charge >= 0.3 is 0 Å². The predicted octanol–water partition coefficient (Wildman–Crippen LogP) is 2.64. The Hall–Kier alpha value is -0.0800. The van der Waals surface area contributed by atoms with Crippen LogP contribution in [0.2, 0.25) is 0 Å². The van der Waals surface area contributed by atoms with Crippen LogP contribution in [0.15, 0.2) is 0 Å². The van der Waals surface area contributed by atoms with Gasteiger partial charge in [0.1, 0.15) is 0 Å². The molecular weight excluding hydrogens is 196 g/mol. The Kier molecular flexibility index (Phi) is 4.66. The normalized spacial score (nSPS) is 33.2. The molecule has 0 bridgehead atoms. The lowest BCUT2D eigenvalue weighted by Crippen LogP contribution is -2.54. The molecule has 2 aliphatic rings. The fourth-order valence-corrected chi connectivity index (χ4v) is 3.59. The van der Waals surface area contributed by atoms with Crippen LogP contribution in [0.3, 0.4) is 0 Å². The molecule has 0 aromatic heterocycles. The molecule has 1 aliphatic heterocycles. The van der Waals surface area contributed by atoms with Gasteiger partial charge in [0.15, 0.2) is 0 Å². The molecule has 2 heteroatoms. The number of likely N-dealkylation sites (N-methyl/N-ethyl adjacent to an activating group) is 1. The van der Waals surface area contributed by atoms with Crippen molar-refractivity contribution in [3.05, 3.63) is 0 Å². The molecule has 0 aromatic carbocycles. The molecule has 1 N–H and O–H groups in total. The molecule has 1 aliphatic carbocycles. The van der Waals surface area contributed by atoms with Crippen LogP contribution in [0, 0.1) is 5.92 Å². The van der Waals surface area contributed by atoms with E-state index in [0.29, 0.717) is 0 Å². The SMILES string of the molecule is CCN(C1CCCCC1)C1CNCCC1C. The summed E-state index contributed by atoms with van der Waals surface area (Å²) in [5.41, 5.74) is 0. The number of hydrogen-bond donors (Lipinski definition) is 1. The molecule has 0 amide bonds. The summed E-state index contributed by atoms with van der Waals surface area (Å²) < 4.78 is 0. The lowest BCUT2D eigenvalue weighted by atomic mass is 9.88. The highest BCUT2D eigenvalue weighted by molar-refractivity contribution is 4.87. The maximum Gasteiger partial charge on any atom is 0.0249 e. The monoisotopic (exact) mass is 224 g/mol. The second-order valence-corrected chi connectivity index (χ2v) is 5.66. The third-order valence-corrected chi connectivity index (χ3v) is 4.62. The van der Waals surface area contributed by atoms with E-state index in [-0.39, 0.29) is 0 Å². The zero-order chi connectivity index (χ0) is 11.4. The van der Waals surface area contributed by atoms with E-state index in [1.165, 1.54) is 58.2 Å². The van der Waals surface area contributed by atoms with Crippen LogP contribution in [0.4, 0.5) is 0 Å². The highest BCUT2D eigenvalue weighted by Gasteiger charge is 2.31. The molecule has 16 heavy (non-hydrogen) atoms. The zero-order valence-corrected chi connectivity index (χ0v) is 11.0. The van der Waals surface area contributed by atoms with E-state index in [1.807, 2.05) is 0 Å². The maximum absolute atomic E-state index is 3.58. The summed E-state index contributed by atoms with van der Waals surface area (Å²) in [4.78, 5) is 2.80. The van der Waals surface area contributed by atoms with Gasteiger partial charge < -0.3 is 5.32 Å². The summed E-state index contributed by atoms with van der Waals surface area (Å²) in [5, 5.41) is 3.58. The average molecular weight is 224 g/mol. The molecule has 2 nitrogen and oxygen atoms in total. The Morgan fingerprint density at radius 1 is 1.12 bits per heavy atom. The van der Waals surface area contributed by atoms with Crippen molar-refractivity contribution in [1.82, 2.24) is 10.2 Å². The van der Waals surface area contributed by atoms with Gasteiger partial charge in [-0.05, 0) is 38.3 Å². The molecule has 2 unspecified atom stereocenters. The van der Waals surface area contributed by atoms with E-state index in [9.17, 15) is 0 Å². The van der Waals surface area contributed by atoms with Gasteiger partial charge in [-0.3, -0.25) is 4.90 Å². The summed E-state index contributed by atoms with van der Waals surface area (Å²) in [6.45, 7) is 8.46. The van der Waals surface area contributed by atoms with Crippen LogP contribution in [0.25, 0.3) is 0 Å². The van der Waals surface area contributed by atoms with Crippen molar-refractivity contribution < 1.29 is 0 Å². The minimum Gasteiger partial charge on any atom is -0.315 e. The van der Waals surface area contributed by atoms with E-state index >= 15 is 0 Å². The van der Waals surface area contributed by atoms with Gasteiger partial charge in [0.05, 0.1) is 0 Å². The average Bonchev–Trinajstić information content (AvgIpc) is 2.34. The largest absolute Gasteiger partial charge is 0.315 e. The summed E-state index contributed by atoms with van der Waals surface area (Å²) in [5.74, 6) is 0.878. The quantitative estimate of drug-likeness (QED) is 0.793. The van der Waals surface area contributed by atoms with Gasteiger partial charge in [-0.25, -0.2) is 0 Å². The van der Waals surface area contributed by atoms with E-state index in [1.54, 1.807) is 0 Å². The predicted molar refractivity (Wildman–Crippen MR) is 69.7 cm³/mol. The number of piperidine rings is 1. The number of rotatable bonds is 3. The molecular formula is C14H28N2. The number of nitrogens with one attached hydrogen (secondary N) is 1. The Balaban J connectivity index is 1.96. The lowest BCUT2D eigenvalue weighted by molar-refractivity contribution is 0.0646. The third kappa shape index (κ3) is 2.78. The molecule has 0 radical (unpaired) electrons. The van der Waals surface area contributed by atoms with Crippen molar-refractivity contribution in [1.29, 1.82) is 0 Å². The van der Waals surface area contributed by atoms with E-state index in [2.05, 4.69) is 24.1 Å². The number of hydrogen-bond acceptors (Lipinski definition) is 2.